The Hall–Kier alpha value is -0.780. The lowest BCUT2D eigenvalue weighted by atomic mass is 9.97. The molecule has 0 amide bonds. The number of sulfone groups is 1. The van der Waals surface area contributed by atoms with Crippen molar-refractivity contribution in [3.05, 3.63) is 0 Å². The summed E-state index contributed by atoms with van der Waals surface area (Å²) in [5.41, 5.74) is 0. The van der Waals surface area contributed by atoms with Gasteiger partial charge in [0, 0.05) is 6.26 Å². The highest BCUT2D eigenvalue weighted by atomic mass is 32.2. The maximum atomic E-state index is 11.3. The van der Waals surface area contributed by atoms with Gasteiger partial charge in [0.05, 0.1) is 11.9 Å². The molecule has 0 bridgehead atoms. The molecule has 1 aliphatic rings. The Morgan fingerprint density at radius 3 is 2.25 bits per heavy atom. The molecule has 0 saturated heterocycles. The van der Waals surface area contributed by atoms with Crippen molar-refractivity contribution in [2.24, 2.45) is 0 Å². The summed E-state index contributed by atoms with van der Waals surface area (Å²) in [6.45, 7) is 2.00. The quantitative estimate of drug-likeness (QED) is 0.710. The van der Waals surface area contributed by atoms with Crippen LogP contribution in [-0.4, -0.2) is 38.8 Å². The van der Waals surface area contributed by atoms with Crippen LogP contribution in [0.1, 0.15) is 32.6 Å². The van der Waals surface area contributed by atoms with Gasteiger partial charge in [0.25, 0.3) is 0 Å². The van der Waals surface area contributed by atoms with Crippen molar-refractivity contribution in [1.82, 2.24) is 0 Å². The third-order valence-corrected chi connectivity index (χ3v) is 4.43. The van der Waals surface area contributed by atoms with Crippen LogP contribution in [0.3, 0.4) is 0 Å². The fraction of sp³-hybridized carbons (Fsp3) is 0.900. The Bertz CT molecular complexity index is 327. The zero-order chi connectivity index (χ0) is 12.2. The van der Waals surface area contributed by atoms with Gasteiger partial charge in [-0.1, -0.05) is 0 Å². The smallest absolute Gasteiger partial charge is 0.435 e. The van der Waals surface area contributed by atoms with E-state index < -0.39 is 16.0 Å². The predicted molar refractivity (Wildman–Crippen MR) is 59.0 cm³/mol. The van der Waals surface area contributed by atoms with Crippen molar-refractivity contribution >= 4 is 16.0 Å². The van der Waals surface area contributed by atoms with Crippen molar-refractivity contribution in [2.45, 2.75) is 44.0 Å². The van der Waals surface area contributed by atoms with Crippen LogP contribution >= 0.6 is 0 Å². The maximum Gasteiger partial charge on any atom is 0.508 e. The van der Waals surface area contributed by atoms with Crippen LogP contribution in [0.25, 0.3) is 0 Å². The van der Waals surface area contributed by atoms with Crippen LogP contribution in [0.15, 0.2) is 0 Å². The second kappa shape index (κ2) is 5.52. The van der Waals surface area contributed by atoms with Crippen LogP contribution in [-0.2, 0) is 19.3 Å². The van der Waals surface area contributed by atoms with E-state index >= 15 is 0 Å². The molecule has 1 fully saturated rings. The predicted octanol–water partition coefficient (Wildman–Crippen LogP) is 1.52. The lowest BCUT2D eigenvalue weighted by Gasteiger charge is -2.26. The molecule has 1 saturated carbocycles. The Balaban J connectivity index is 2.35. The SMILES string of the molecule is CCOC(=O)OC1CCC(S(C)(=O)=O)CC1. The molecule has 0 N–H and O–H groups in total. The number of carbonyl (C=O) groups excluding carboxylic acids is 1. The van der Waals surface area contributed by atoms with Crippen molar-refractivity contribution < 1.29 is 22.7 Å². The molecule has 0 spiro atoms. The van der Waals surface area contributed by atoms with E-state index in [1.807, 2.05) is 0 Å². The van der Waals surface area contributed by atoms with E-state index in [9.17, 15) is 13.2 Å². The van der Waals surface area contributed by atoms with E-state index in [-0.39, 0.29) is 18.0 Å². The summed E-state index contributed by atoms with van der Waals surface area (Å²) in [5, 5.41) is -0.283. The van der Waals surface area contributed by atoms with E-state index in [0.29, 0.717) is 25.7 Å². The molecule has 0 aromatic carbocycles. The average molecular weight is 250 g/mol. The molecule has 5 nitrogen and oxygen atoms in total. The van der Waals surface area contributed by atoms with Gasteiger partial charge in [-0.3, -0.25) is 0 Å². The number of rotatable bonds is 3. The molecule has 0 aliphatic heterocycles. The Morgan fingerprint density at radius 2 is 1.81 bits per heavy atom. The van der Waals surface area contributed by atoms with Gasteiger partial charge < -0.3 is 9.47 Å². The van der Waals surface area contributed by atoms with Gasteiger partial charge >= 0.3 is 6.16 Å². The Kier molecular flexibility index (Phi) is 4.58. The molecule has 1 rings (SSSR count). The van der Waals surface area contributed by atoms with Gasteiger partial charge in [-0.2, -0.15) is 0 Å². The molecule has 0 aromatic heterocycles. The molecule has 1 aliphatic carbocycles. The molecular weight excluding hydrogens is 232 g/mol. The monoisotopic (exact) mass is 250 g/mol. The first kappa shape index (κ1) is 13.3. The minimum absolute atomic E-state index is 0.197. The van der Waals surface area contributed by atoms with E-state index in [1.54, 1.807) is 6.92 Å². The molecule has 0 heterocycles. The number of hydrogen-bond donors (Lipinski definition) is 0. The van der Waals surface area contributed by atoms with E-state index in [1.165, 1.54) is 6.26 Å². The van der Waals surface area contributed by atoms with Gasteiger partial charge in [-0.15, -0.1) is 0 Å². The summed E-state index contributed by atoms with van der Waals surface area (Å²) in [6, 6.07) is 0. The summed E-state index contributed by atoms with van der Waals surface area (Å²) in [7, 11) is -2.96. The van der Waals surface area contributed by atoms with Crippen molar-refractivity contribution in [2.75, 3.05) is 12.9 Å². The summed E-state index contributed by atoms with van der Waals surface area (Å²) >= 11 is 0. The second-order valence-corrected chi connectivity index (χ2v) is 6.35. The van der Waals surface area contributed by atoms with Crippen molar-refractivity contribution in [3.8, 4) is 0 Å². The third-order valence-electron chi connectivity index (χ3n) is 2.75. The standard InChI is InChI=1S/C10H18O5S/c1-3-14-10(11)15-8-4-6-9(7-5-8)16(2,12)13/h8-9H,3-7H2,1-2H3. The largest absolute Gasteiger partial charge is 0.508 e. The van der Waals surface area contributed by atoms with E-state index in [2.05, 4.69) is 4.74 Å². The zero-order valence-electron chi connectivity index (χ0n) is 9.64. The topological polar surface area (TPSA) is 69.7 Å². The Labute approximate surface area is 96.0 Å². The van der Waals surface area contributed by atoms with Crippen molar-refractivity contribution in [3.63, 3.8) is 0 Å². The van der Waals surface area contributed by atoms with E-state index in [0.717, 1.165) is 0 Å². The Morgan fingerprint density at radius 1 is 1.25 bits per heavy atom. The first-order chi connectivity index (χ1) is 7.43. The molecule has 0 radical (unpaired) electrons. The van der Waals surface area contributed by atoms with Crippen LogP contribution in [0.5, 0.6) is 0 Å². The highest BCUT2D eigenvalue weighted by Crippen LogP contribution is 2.25. The minimum Gasteiger partial charge on any atom is -0.435 e. The summed E-state index contributed by atoms with van der Waals surface area (Å²) < 4.78 is 32.3. The van der Waals surface area contributed by atoms with Gasteiger partial charge in [0.15, 0.2) is 0 Å². The highest BCUT2D eigenvalue weighted by molar-refractivity contribution is 7.91. The minimum atomic E-state index is -2.96. The van der Waals surface area contributed by atoms with Crippen LogP contribution in [0.2, 0.25) is 0 Å². The normalized spacial score (nSPS) is 26.1. The lowest BCUT2D eigenvalue weighted by molar-refractivity contribution is 0.0142. The molecule has 94 valence electrons. The maximum absolute atomic E-state index is 11.3. The zero-order valence-corrected chi connectivity index (χ0v) is 10.5. The molecule has 0 atom stereocenters. The summed E-state index contributed by atoms with van der Waals surface area (Å²) in [6.07, 6.45) is 2.70. The second-order valence-electron chi connectivity index (χ2n) is 4.03. The van der Waals surface area contributed by atoms with Crippen LogP contribution in [0.4, 0.5) is 4.79 Å². The fourth-order valence-corrected chi connectivity index (χ4v) is 2.99. The third kappa shape index (κ3) is 4.00. The summed E-state index contributed by atoms with van der Waals surface area (Å²) in [4.78, 5) is 11.0. The summed E-state index contributed by atoms with van der Waals surface area (Å²) in [5.74, 6) is 0. The van der Waals surface area contributed by atoms with Crippen LogP contribution in [0, 0.1) is 0 Å². The first-order valence-corrected chi connectivity index (χ1v) is 7.41. The number of hydrogen-bond acceptors (Lipinski definition) is 5. The lowest BCUT2D eigenvalue weighted by Crippen LogP contribution is -2.31. The average Bonchev–Trinajstić information content (AvgIpc) is 2.17. The first-order valence-electron chi connectivity index (χ1n) is 5.45. The van der Waals surface area contributed by atoms with Gasteiger partial charge in [-0.05, 0) is 32.6 Å². The number of ether oxygens (including phenoxy) is 2. The number of carbonyl (C=O) groups is 1. The van der Waals surface area contributed by atoms with Gasteiger partial charge in [-0.25, -0.2) is 13.2 Å². The molecule has 0 unspecified atom stereocenters. The molecular formula is C10H18O5S. The molecule has 16 heavy (non-hydrogen) atoms. The van der Waals surface area contributed by atoms with Crippen LogP contribution < -0.4 is 0 Å². The molecule has 6 heteroatoms. The van der Waals surface area contributed by atoms with Gasteiger partial charge in [0.1, 0.15) is 15.9 Å². The fourth-order valence-electron chi connectivity index (χ4n) is 1.87. The van der Waals surface area contributed by atoms with E-state index in [4.69, 9.17) is 4.74 Å². The van der Waals surface area contributed by atoms with Gasteiger partial charge in [0.2, 0.25) is 0 Å². The van der Waals surface area contributed by atoms with Crippen molar-refractivity contribution in [1.29, 1.82) is 0 Å². The highest BCUT2D eigenvalue weighted by Gasteiger charge is 2.29. The molecule has 0 aromatic rings.